The van der Waals surface area contributed by atoms with Crippen LogP contribution in [0.5, 0.6) is 0 Å². The van der Waals surface area contributed by atoms with Crippen LogP contribution in [-0.2, 0) is 4.79 Å². The molecule has 0 atom stereocenters. The molecule has 2 amide bonds. The number of rotatable bonds is 4. The van der Waals surface area contributed by atoms with Gasteiger partial charge in [0.05, 0.1) is 6.54 Å². The molecule has 0 spiro atoms. The summed E-state index contributed by atoms with van der Waals surface area (Å²) in [5, 5.41) is 6.19. The van der Waals surface area contributed by atoms with E-state index in [4.69, 9.17) is 4.52 Å². The minimum absolute atomic E-state index is 0.0959. The molecule has 0 aliphatic rings. The quantitative estimate of drug-likeness (QED) is 0.901. The van der Waals surface area contributed by atoms with Crippen molar-refractivity contribution in [2.45, 2.75) is 6.92 Å². The van der Waals surface area contributed by atoms with Crippen molar-refractivity contribution in [1.29, 1.82) is 0 Å². The van der Waals surface area contributed by atoms with E-state index >= 15 is 0 Å². The van der Waals surface area contributed by atoms with Crippen molar-refractivity contribution in [2.24, 2.45) is 0 Å². The van der Waals surface area contributed by atoms with Gasteiger partial charge in [0, 0.05) is 19.3 Å². The number of pyridine rings is 1. The van der Waals surface area contributed by atoms with Crippen LogP contribution in [0.1, 0.15) is 16.2 Å². The Kier molecular flexibility index (Phi) is 4.09. The molecule has 0 bridgehead atoms. The van der Waals surface area contributed by atoms with Crippen LogP contribution in [0, 0.1) is 6.92 Å². The zero-order valence-electron chi connectivity index (χ0n) is 11.2. The molecule has 0 fully saturated rings. The van der Waals surface area contributed by atoms with Crippen molar-refractivity contribution < 1.29 is 14.1 Å². The molecule has 0 aliphatic carbocycles. The van der Waals surface area contributed by atoms with Crippen LogP contribution in [-0.4, -0.2) is 40.4 Å². The van der Waals surface area contributed by atoms with Gasteiger partial charge >= 0.3 is 0 Å². The average molecular weight is 274 g/mol. The second kappa shape index (κ2) is 5.96. The molecule has 104 valence electrons. The van der Waals surface area contributed by atoms with Gasteiger partial charge in [-0.3, -0.25) is 14.6 Å². The maximum atomic E-state index is 12.0. The van der Waals surface area contributed by atoms with E-state index in [9.17, 15) is 9.59 Å². The van der Waals surface area contributed by atoms with Crippen molar-refractivity contribution in [1.82, 2.24) is 15.0 Å². The van der Waals surface area contributed by atoms with Gasteiger partial charge in [0.25, 0.3) is 5.91 Å². The summed E-state index contributed by atoms with van der Waals surface area (Å²) in [6.07, 6.45) is 1.53. The normalized spacial score (nSPS) is 10.1. The van der Waals surface area contributed by atoms with Gasteiger partial charge in [-0.05, 0) is 19.1 Å². The average Bonchev–Trinajstić information content (AvgIpc) is 2.84. The van der Waals surface area contributed by atoms with Gasteiger partial charge in [-0.15, -0.1) is 0 Å². The molecule has 7 heteroatoms. The molecule has 2 aromatic rings. The van der Waals surface area contributed by atoms with E-state index in [1.807, 2.05) is 0 Å². The molecule has 0 saturated heterocycles. The smallest absolute Gasteiger partial charge is 0.272 e. The number of hydrogen-bond acceptors (Lipinski definition) is 5. The first kappa shape index (κ1) is 13.7. The van der Waals surface area contributed by atoms with E-state index in [-0.39, 0.29) is 18.4 Å². The molecule has 0 unspecified atom stereocenters. The van der Waals surface area contributed by atoms with E-state index in [1.54, 1.807) is 31.2 Å². The molecule has 1 N–H and O–H groups in total. The predicted molar refractivity (Wildman–Crippen MR) is 71.1 cm³/mol. The number of nitrogens with one attached hydrogen (secondary N) is 1. The number of carbonyl (C=O) groups is 2. The third-order valence-corrected chi connectivity index (χ3v) is 2.51. The molecule has 2 heterocycles. The Bertz CT molecular complexity index is 609. The number of aromatic nitrogens is 2. The third-order valence-electron chi connectivity index (χ3n) is 2.51. The monoisotopic (exact) mass is 274 g/mol. The fourth-order valence-corrected chi connectivity index (χ4v) is 1.58. The van der Waals surface area contributed by atoms with E-state index < -0.39 is 0 Å². The lowest BCUT2D eigenvalue weighted by atomic mass is 10.3. The zero-order chi connectivity index (χ0) is 14.5. The van der Waals surface area contributed by atoms with Gasteiger partial charge in [-0.25, -0.2) is 0 Å². The first-order valence-electron chi connectivity index (χ1n) is 5.96. The van der Waals surface area contributed by atoms with Crippen LogP contribution in [0.4, 0.5) is 5.82 Å². The molecular weight excluding hydrogens is 260 g/mol. The number of aryl methyl sites for hydroxylation is 1. The molecule has 0 aromatic carbocycles. The predicted octanol–water partition coefficient (Wildman–Crippen LogP) is 1.09. The number of carbonyl (C=O) groups excluding carboxylic acids is 2. The summed E-state index contributed by atoms with van der Waals surface area (Å²) in [7, 11) is 1.53. The third kappa shape index (κ3) is 3.41. The van der Waals surface area contributed by atoms with Gasteiger partial charge in [0.15, 0.2) is 5.82 Å². The molecule has 0 saturated carbocycles. The Morgan fingerprint density at radius 1 is 1.40 bits per heavy atom. The van der Waals surface area contributed by atoms with Crippen LogP contribution < -0.4 is 5.32 Å². The molecule has 7 nitrogen and oxygen atoms in total. The first-order valence-corrected chi connectivity index (χ1v) is 5.96. The van der Waals surface area contributed by atoms with Crippen LogP contribution in [0.15, 0.2) is 35.0 Å². The van der Waals surface area contributed by atoms with E-state index in [1.165, 1.54) is 18.1 Å². The highest BCUT2D eigenvalue weighted by Crippen LogP contribution is 2.07. The maximum absolute atomic E-state index is 12.0. The second-order valence-corrected chi connectivity index (χ2v) is 4.25. The Morgan fingerprint density at radius 2 is 2.20 bits per heavy atom. The van der Waals surface area contributed by atoms with Crippen molar-refractivity contribution in [3.63, 3.8) is 0 Å². The van der Waals surface area contributed by atoms with Gasteiger partial charge in [0.2, 0.25) is 5.91 Å². The Labute approximate surface area is 115 Å². The fourth-order valence-electron chi connectivity index (χ4n) is 1.58. The Hall–Kier alpha value is -2.70. The summed E-state index contributed by atoms with van der Waals surface area (Å²) in [4.78, 5) is 29.0. The Balaban J connectivity index is 1.92. The summed E-state index contributed by atoms with van der Waals surface area (Å²) in [6, 6.07) is 6.62. The van der Waals surface area contributed by atoms with Crippen LogP contribution in [0.3, 0.4) is 0 Å². The van der Waals surface area contributed by atoms with Gasteiger partial charge in [0.1, 0.15) is 11.5 Å². The molecule has 2 aromatic heterocycles. The Morgan fingerprint density at radius 3 is 2.80 bits per heavy atom. The minimum atomic E-state index is -0.356. The van der Waals surface area contributed by atoms with E-state index in [0.29, 0.717) is 17.3 Å². The van der Waals surface area contributed by atoms with Crippen molar-refractivity contribution in [3.8, 4) is 0 Å². The summed E-state index contributed by atoms with van der Waals surface area (Å²) in [5.41, 5.74) is 0.292. The fraction of sp³-hybridized carbons (Fsp3) is 0.231. The largest absolute Gasteiger partial charge is 0.360 e. The van der Waals surface area contributed by atoms with E-state index in [2.05, 4.69) is 15.5 Å². The molecule has 20 heavy (non-hydrogen) atoms. The lowest BCUT2D eigenvalue weighted by Crippen LogP contribution is -2.35. The lowest BCUT2D eigenvalue weighted by molar-refractivity contribution is -0.116. The molecule has 2 rings (SSSR count). The number of nitrogens with zero attached hydrogens (tertiary/aromatic N) is 3. The van der Waals surface area contributed by atoms with Gasteiger partial charge in [-0.2, -0.15) is 0 Å². The number of amides is 2. The summed E-state index contributed by atoms with van der Waals surface area (Å²) in [5.74, 6) is 0.242. The van der Waals surface area contributed by atoms with Gasteiger partial charge in [-0.1, -0.05) is 11.2 Å². The van der Waals surface area contributed by atoms with Crippen LogP contribution in [0.25, 0.3) is 0 Å². The number of anilines is 1. The van der Waals surface area contributed by atoms with E-state index in [0.717, 1.165) is 0 Å². The van der Waals surface area contributed by atoms with Crippen molar-refractivity contribution >= 4 is 17.6 Å². The topological polar surface area (TPSA) is 88.3 Å². The zero-order valence-corrected chi connectivity index (χ0v) is 11.2. The summed E-state index contributed by atoms with van der Waals surface area (Å²) < 4.78 is 4.83. The SMILES string of the molecule is Cc1cc(NC(=O)CN(C)C(=O)c2ccccn2)no1. The van der Waals surface area contributed by atoms with Crippen LogP contribution >= 0.6 is 0 Å². The van der Waals surface area contributed by atoms with Crippen LogP contribution in [0.2, 0.25) is 0 Å². The highest BCUT2D eigenvalue weighted by atomic mass is 16.5. The first-order chi connectivity index (χ1) is 9.56. The second-order valence-electron chi connectivity index (χ2n) is 4.25. The molecule has 0 radical (unpaired) electrons. The lowest BCUT2D eigenvalue weighted by Gasteiger charge is -2.15. The van der Waals surface area contributed by atoms with Gasteiger partial charge < -0.3 is 14.7 Å². The number of likely N-dealkylation sites (N-methyl/N-ethyl adjacent to an activating group) is 1. The summed E-state index contributed by atoms with van der Waals surface area (Å²) in [6.45, 7) is 1.63. The molecule has 0 aliphatic heterocycles. The maximum Gasteiger partial charge on any atom is 0.272 e. The minimum Gasteiger partial charge on any atom is -0.360 e. The highest BCUT2D eigenvalue weighted by molar-refractivity contribution is 5.97. The van der Waals surface area contributed by atoms with Crippen molar-refractivity contribution in [3.05, 3.63) is 41.9 Å². The summed E-state index contributed by atoms with van der Waals surface area (Å²) >= 11 is 0. The number of hydrogen-bond donors (Lipinski definition) is 1. The molecular formula is C13H14N4O3. The standard InChI is InChI=1S/C13H14N4O3/c1-9-7-11(16-20-9)15-12(18)8-17(2)13(19)10-5-3-4-6-14-10/h3-7H,8H2,1-2H3,(H,15,16,18). The highest BCUT2D eigenvalue weighted by Gasteiger charge is 2.16. The van der Waals surface area contributed by atoms with Crippen molar-refractivity contribution in [2.75, 3.05) is 18.9 Å².